The quantitative estimate of drug-likeness (QED) is 0.438. The van der Waals surface area contributed by atoms with Crippen LogP contribution in [0.4, 0.5) is 5.82 Å². The van der Waals surface area contributed by atoms with Crippen molar-refractivity contribution in [3.8, 4) is 22.8 Å². The van der Waals surface area contributed by atoms with Gasteiger partial charge in [-0.05, 0) is 17.5 Å². The highest BCUT2D eigenvalue weighted by Crippen LogP contribution is 2.31. The number of carbonyl (C=O) groups is 1. The number of aromatic amines is 1. The Labute approximate surface area is 172 Å². The molecule has 0 aliphatic rings. The Morgan fingerprint density at radius 2 is 2.17 bits per heavy atom. The van der Waals surface area contributed by atoms with Gasteiger partial charge in [-0.25, -0.2) is 19.9 Å². The van der Waals surface area contributed by atoms with Crippen LogP contribution in [0.25, 0.3) is 33.9 Å². The minimum Gasteiger partial charge on any atom is -0.481 e. The fraction of sp³-hybridized carbons (Fsp3) is 0.286. The molecule has 0 spiro atoms. The molecule has 4 rings (SSSR count). The zero-order chi connectivity index (χ0) is 21.3. The van der Waals surface area contributed by atoms with Crippen molar-refractivity contribution in [1.29, 1.82) is 0 Å². The number of nitrogens with one attached hydrogen (secondary N) is 2. The maximum absolute atomic E-state index is 11.4. The van der Waals surface area contributed by atoms with E-state index in [9.17, 15) is 9.90 Å². The van der Waals surface area contributed by atoms with Crippen molar-refractivity contribution in [2.24, 2.45) is 5.41 Å². The van der Waals surface area contributed by atoms with Gasteiger partial charge in [0.1, 0.15) is 23.5 Å². The second-order valence-electron chi connectivity index (χ2n) is 8.09. The van der Waals surface area contributed by atoms with Gasteiger partial charge in [0.15, 0.2) is 11.6 Å². The van der Waals surface area contributed by atoms with E-state index in [-0.39, 0.29) is 17.9 Å². The highest BCUT2D eigenvalue weighted by molar-refractivity contribution is 5.91. The number of hydrogen-bond donors (Lipinski definition) is 3. The molecule has 0 saturated heterocycles. The predicted molar refractivity (Wildman–Crippen MR) is 112 cm³/mol. The summed E-state index contributed by atoms with van der Waals surface area (Å²) >= 11 is 0. The van der Waals surface area contributed by atoms with E-state index in [2.05, 4.69) is 30.2 Å². The van der Waals surface area contributed by atoms with Crippen LogP contribution >= 0.6 is 0 Å². The summed E-state index contributed by atoms with van der Waals surface area (Å²) in [6, 6.07) is 5.01. The number of H-pyrrole nitrogens is 1. The first-order valence-electron chi connectivity index (χ1n) is 9.50. The Morgan fingerprint density at radius 1 is 1.33 bits per heavy atom. The maximum Gasteiger partial charge on any atom is 0.305 e. The molecule has 0 radical (unpaired) electrons. The molecule has 4 aromatic rings. The van der Waals surface area contributed by atoms with Gasteiger partial charge < -0.3 is 19.8 Å². The molecule has 0 fully saturated rings. The summed E-state index contributed by atoms with van der Waals surface area (Å²) in [4.78, 5) is 32.1. The fourth-order valence-electron chi connectivity index (χ4n) is 3.16. The summed E-state index contributed by atoms with van der Waals surface area (Å²) in [6.07, 6.45) is 6.48. The highest BCUT2D eigenvalue weighted by atomic mass is 16.4. The Hall–Kier alpha value is -3.75. The predicted octanol–water partition coefficient (Wildman–Crippen LogP) is 3.98. The van der Waals surface area contributed by atoms with Crippen molar-refractivity contribution in [2.45, 2.75) is 33.2 Å². The summed E-state index contributed by atoms with van der Waals surface area (Å²) in [5, 5.41) is 13.4. The van der Waals surface area contributed by atoms with Crippen LogP contribution in [-0.4, -0.2) is 42.0 Å². The molecule has 0 aromatic carbocycles. The Balaban J connectivity index is 1.81. The minimum atomic E-state index is -0.878. The van der Waals surface area contributed by atoms with Gasteiger partial charge in [0.2, 0.25) is 0 Å². The number of fused-ring (bicyclic) bond motifs is 1. The van der Waals surface area contributed by atoms with Crippen LogP contribution in [0.3, 0.4) is 0 Å². The highest BCUT2D eigenvalue weighted by Gasteiger charge is 2.28. The number of anilines is 1. The van der Waals surface area contributed by atoms with Crippen LogP contribution in [0.15, 0.2) is 47.6 Å². The second-order valence-corrected chi connectivity index (χ2v) is 8.09. The Morgan fingerprint density at radius 3 is 2.87 bits per heavy atom. The summed E-state index contributed by atoms with van der Waals surface area (Å²) in [5.41, 5.74) is 1.71. The second kappa shape index (κ2) is 7.58. The largest absolute Gasteiger partial charge is 0.481 e. The van der Waals surface area contributed by atoms with E-state index < -0.39 is 5.97 Å². The number of nitrogens with zero attached hydrogens (tertiary/aromatic N) is 4. The van der Waals surface area contributed by atoms with Gasteiger partial charge in [0, 0.05) is 35.5 Å². The van der Waals surface area contributed by atoms with Crippen LogP contribution in [0.2, 0.25) is 0 Å². The van der Waals surface area contributed by atoms with Crippen molar-refractivity contribution in [2.75, 3.05) is 5.32 Å². The molecule has 0 aliphatic carbocycles. The summed E-state index contributed by atoms with van der Waals surface area (Å²) in [7, 11) is 0. The van der Waals surface area contributed by atoms with Crippen molar-refractivity contribution in [3.05, 3.63) is 43.2 Å². The van der Waals surface area contributed by atoms with E-state index in [1.807, 2.05) is 26.8 Å². The molecule has 9 nitrogen and oxygen atoms in total. The third-order valence-corrected chi connectivity index (χ3v) is 4.84. The topological polar surface area (TPSA) is 130 Å². The number of aliphatic carboxylic acids is 1. The fourth-order valence-corrected chi connectivity index (χ4v) is 3.16. The van der Waals surface area contributed by atoms with E-state index in [0.29, 0.717) is 28.7 Å². The standard InChI is InChI=1S/C21H22N6O3/c1-21(2,3)16(8-18(28)29)26-17-7-14(15-5-4-6-30-15)25-20(27-17)13-10-23-19-12(13)9-22-11-24-19/h4-7,9-11,16H,8H2,1-3H3,(H,28,29)(H,22,23,24)(H,25,26,27). The third-order valence-electron chi connectivity index (χ3n) is 4.84. The zero-order valence-electron chi connectivity index (χ0n) is 16.9. The summed E-state index contributed by atoms with van der Waals surface area (Å²) in [5.74, 6) is 0.675. The molecule has 4 aromatic heterocycles. The van der Waals surface area contributed by atoms with Crippen LogP contribution in [-0.2, 0) is 4.79 Å². The SMILES string of the molecule is CC(C)(C)C(CC(=O)O)Nc1cc(-c2ccco2)nc(-c2c[nH]c3ncncc23)n1. The zero-order valence-corrected chi connectivity index (χ0v) is 16.9. The van der Waals surface area contributed by atoms with Gasteiger partial charge in [-0.2, -0.15) is 0 Å². The number of aromatic nitrogens is 5. The Bertz CT molecular complexity index is 1180. The van der Waals surface area contributed by atoms with Crippen LogP contribution < -0.4 is 5.32 Å². The van der Waals surface area contributed by atoms with Gasteiger partial charge in [-0.3, -0.25) is 4.79 Å². The lowest BCUT2D eigenvalue weighted by Gasteiger charge is -2.31. The molecular weight excluding hydrogens is 384 g/mol. The lowest BCUT2D eigenvalue weighted by molar-refractivity contribution is -0.137. The summed E-state index contributed by atoms with van der Waals surface area (Å²) < 4.78 is 5.53. The van der Waals surface area contributed by atoms with Crippen LogP contribution in [0.1, 0.15) is 27.2 Å². The molecule has 4 heterocycles. The van der Waals surface area contributed by atoms with E-state index in [1.165, 1.54) is 6.33 Å². The number of furan rings is 1. The first-order valence-corrected chi connectivity index (χ1v) is 9.50. The lowest BCUT2D eigenvalue weighted by atomic mass is 9.85. The van der Waals surface area contributed by atoms with E-state index in [0.717, 1.165) is 10.9 Å². The van der Waals surface area contributed by atoms with E-state index in [4.69, 9.17) is 4.42 Å². The van der Waals surface area contributed by atoms with Gasteiger partial charge in [-0.15, -0.1) is 0 Å². The molecule has 0 bridgehead atoms. The molecule has 0 amide bonds. The van der Waals surface area contributed by atoms with E-state index >= 15 is 0 Å². The average Bonchev–Trinajstić information content (AvgIpc) is 3.36. The molecule has 154 valence electrons. The smallest absolute Gasteiger partial charge is 0.305 e. The molecule has 1 atom stereocenters. The van der Waals surface area contributed by atoms with Gasteiger partial charge in [0.25, 0.3) is 0 Å². The molecular formula is C21H22N6O3. The van der Waals surface area contributed by atoms with Crippen LogP contribution in [0.5, 0.6) is 0 Å². The van der Waals surface area contributed by atoms with Crippen LogP contribution in [0, 0.1) is 5.41 Å². The van der Waals surface area contributed by atoms with Crippen molar-refractivity contribution < 1.29 is 14.3 Å². The Kier molecular flexibility index (Phi) is 4.94. The third kappa shape index (κ3) is 4.00. The molecule has 9 heteroatoms. The monoisotopic (exact) mass is 406 g/mol. The molecule has 0 aliphatic heterocycles. The summed E-state index contributed by atoms with van der Waals surface area (Å²) in [6.45, 7) is 5.96. The first-order chi connectivity index (χ1) is 14.3. The molecule has 0 saturated carbocycles. The number of carboxylic acid groups (broad SMARTS) is 1. The number of rotatable bonds is 6. The average molecular weight is 406 g/mol. The van der Waals surface area contributed by atoms with Gasteiger partial charge >= 0.3 is 5.97 Å². The normalized spacial score (nSPS) is 12.8. The van der Waals surface area contributed by atoms with Crippen molar-refractivity contribution in [3.63, 3.8) is 0 Å². The molecule has 1 unspecified atom stereocenters. The van der Waals surface area contributed by atoms with Gasteiger partial charge in [-0.1, -0.05) is 20.8 Å². The lowest BCUT2D eigenvalue weighted by Crippen LogP contribution is -2.36. The van der Waals surface area contributed by atoms with E-state index in [1.54, 1.807) is 30.8 Å². The minimum absolute atomic E-state index is 0.0418. The first kappa shape index (κ1) is 19.6. The molecule has 30 heavy (non-hydrogen) atoms. The van der Waals surface area contributed by atoms with Gasteiger partial charge in [0.05, 0.1) is 12.7 Å². The molecule has 3 N–H and O–H groups in total. The van der Waals surface area contributed by atoms with Crippen molar-refractivity contribution in [1.82, 2.24) is 24.9 Å². The number of carboxylic acids is 1. The van der Waals surface area contributed by atoms with Crippen molar-refractivity contribution >= 4 is 22.8 Å². The maximum atomic E-state index is 11.4. The number of hydrogen-bond acceptors (Lipinski definition) is 7.